The molecule has 1 N–H and O–H groups in total. The van der Waals surface area contributed by atoms with Crippen LogP contribution in [0.3, 0.4) is 0 Å². The Hall–Kier alpha value is -1.21. The van der Waals surface area contributed by atoms with E-state index in [1.807, 2.05) is 5.38 Å². The second-order valence-electron chi connectivity index (χ2n) is 3.01. The molecule has 0 aliphatic rings. The maximum absolute atomic E-state index is 11.6. The first kappa shape index (κ1) is 11.3. The van der Waals surface area contributed by atoms with Crippen LogP contribution in [0.2, 0.25) is 0 Å². The van der Waals surface area contributed by atoms with E-state index in [0.29, 0.717) is 18.0 Å². The molecular formula is C9H9BrN4OS. The molecule has 5 nitrogen and oxygen atoms in total. The molecule has 0 radical (unpaired) electrons. The fourth-order valence-electron chi connectivity index (χ4n) is 1.15. The molecule has 0 bridgehead atoms. The van der Waals surface area contributed by atoms with E-state index in [1.54, 1.807) is 18.5 Å². The van der Waals surface area contributed by atoms with Crippen LogP contribution in [-0.4, -0.2) is 27.4 Å². The van der Waals surface area contributed by atoms with Crippen LogP contribution in [0.25, 0.3) is 0 Å². The molecule has 1 amide bonds. The molecule has 2 aromatic heterocycles. The summed E-state index contributed by atoms with van der Waals surface area (Å²) in [5, 5.41) is 12.6. The highest BCUT2D eigenvalue weighted by molar-refractivity contribution is 9.10. The number of rotatable bonds is 4. The minimum atomic E-state index is -0.0668. The minimum absolute atomic E-state index is 0.0668. The number of thiophene rings is 1. The quantitative estimate of drug-likeness (QED) is 0.931. The van der Waals surface area contributed by atoms with E-state index < -0.39 is 0 Å². The molecule has 7 heteroatoms. The van der Waals surface area contributed by atoms with Gasteiger partial charge in [-0.05, 0) is 22.0 Å². The van der Waals surface area contributed by atoms with E-state index in [4.69, 9.17) is 0 Å². The predicted octanol–water partition coefficient (Wildman–Crippen LogP) is 1.53. The molecule has 0 atom stereocenters. The van der Waals surface area contributed by atoms with Crippen LogP contribution in [0.5, 0.6) is 0 Å². The zero-order chi connectivity index (χ0) is 11.4. The Morgan fingerprint density at radius 2 is 2.25 bits per heavy atom. The Morgan fingerprint density at radius 1 is 1.50 bits per heavy atom. The first-order chi connectivity index (χ1) is 7.75. The molecule has 0 saturated heterocycles. The summed E-state index contributed by atoms with van der Waals surface area (Å²) in [5.41, 5.74) is 0. The van der Waals surface area contributed by atoms with Crippen LogP contribution < -0.4 is 5.32 Å². The van der Waals surface area contributed by atoms with Crippen LogP contribution >= 0.6 is 27.3 Å². The van der Waals surface area contributed by atoms with Gasteiger partial charge in [-0.2, -0.15) is 15.0 Å². The molecule has 0 aromatic carbocycles. The third-order valence-electron chi connectivity index (χ3n) is 1.86. The number of halogens is 1. The lowest BCUT2D eigenvalue weighted by Gasteiger charge is -2.02. The zero-order valence-electron chi connectivity index (χ0n) is 8.26. The molecular weight excluding hydrogens is 292 g/mol. The number of hydrogen-bond acceptors (Lipinski definition) is 4. The van der Waals surface area contributed by atoms with E-state index in [0.717, 1.165) is 4.47 Å². The van der Waals surface area contributed by atoms with Crippen molar-refractivity contribution in [2.75, 3.05) is 6.54 Å². The van der Waals surface area contributed by atoms with Crippen molar-refractivity contribution in [2.45, 2.75) is 6.54 Å². The zero-order valence-corrected chi connectivity index (χ0v) is 10.7. The van der Waals surface area contributed by atoms with Crippen LogP contribution in [0.4, 0.5) is 0 Å². The first-order valence-electron chi connectivity index (χ1n) is 4.62. The molecule has 0 aliphatic heterocycles. The minimum Gasteiger partial charge on any atom is -0.349 e. The summed E-state index contributed by atoms with van der Waals surface area (Å²) in [7, 11) is 0. The van der Waals surface area contributed by atoms with Crippen LogP contribution in [0.15, 0.2) is 28.3 Å². The van der Waals surface area contributed by atoms with Gasteiger partial charge in [0.25, 0.3) is 5.91 Å². The van der Waals surface area contributed by atoms with Crippen LogP contribution in [-0.2, 0) is 6.54 Å². The van der Waals surface area contributed by atoms with Gasteiger partial charge in [0, 0.05) is 16.4 Å². The average molecular weight is 301 g/mol. The van der Waals surface area contributed by atoms with Crippen molar-refractivity contribution in [3.05, 3.63) is 33.2 Å². The summed E-state index contributed by atoms with van der Waals surface area (Å²) >= 11 is 4.72. The first-order valence-corrected chi connectivity index (χ1v) is 6.29. The van der Waals surface area contributed by atoms with Gasteiger partial charge in [0.1, 0.15) is 0 Å². The maximum Gasteiger partial charge on any atom is 0.261 e. The monoisotopic (exact) mass is 300 g/mol. The maximum atomic E-state index is 11.6. The number of carbonyl (C=O) groups is 1. The number of nitrogens with one attached hydrogen (secondary N) is 1. The van der Waals surface area contributed by atoms with Gasteiger partial charge in [-0.25, -0.2) is 0 Å². The lowest BCUT2D eigenvalue weighted by molar-refractivity contribution is 0.0955. The highest BCUT2D eigenvalue weighted by Crippen LogP contribution is 2.19. The van der Waals surface area contributed by atoms with E-state index >= 15 is 0 Å². The summed E-state index contributed by atoms with van der Waals surface area (Å²) in [6.45, 7) is 1.09. The largest absolute Gasteiger partial charge is 0.349 e. The van der Waals surface area contributed by atoms with Gasteiger partial charge in [-0.15, -0.1) is 11.3 Å². The molecule has 2 rings (SSSR count). The van der Waals surface area contributed by atoms with Crippen molar-refractivity contribution < 1.29 is 4.79 Å². The number of aromatic nitrogens is 3. The normalized spacial score (nSPS) is 10.3. The van der Waals surface area contributed by atoms with E-state index in [2.05, 4.69) is 31.4 Å². The molecule has 0 saturated carbocycles. The summed E-state index contributed by atoms with van der Waals surface area (Å²) < 4.78 is 0.927. The Balaban J connectivity index is 1.80. The van der Waals surface area contributed by atoms with E-state index in [9.17, 15) is 4.79 Å². The fraction of sp³-hybridized carbons (Fsp3) is 0.222. The van der Waals surface area contributed by atoms with E-state index in [1.165, 1.54) is 16.1 Å². The lowest BCUT2D eigenvalue weighted by Crippen LogP contribution is -2.27. The lowest BCUT2D eigenvalue weighted by atomic mass is 10.4. The van der Waals surface area contributed by atoms with Crippen LogP contribution in [0.1, 0.15) is 9.67 Å². The predicted molar refractivity (Wildman–Crippen MR) is 64.4 cm³/mol. The van der Waals surface area contributed by atoms with Crippen molar-refractivity contribution in [1.29, 1.82) is 0 Å². The third-order valence-corrected chi connectivity index (χ3v) is 3.55. The molecule has 2 heterocycles. The second kappa shape index (κ2) is 5.22. The second-order valence-corrected chi connectivity index (χ2v) is 4.84. The summed E-state index contributed by atoms with van der Waals surface area (Å²) in [4.78, 5) is 13.8. The Morgan fingerprint density at radius 3 is 2.88 bits per heavy atom. The standard InChI is InChI=1S/C9H9BrN4OS/c10-7-5-8(16-6-7)9(15)11-3-4-14-12-1-2-13-14/h1-2,5-6H,3-4H2,(H,11,15). The van der Waals surface area contributed by atoms with Gasteiger partial charge >= 0.3 is 0 Å². The summed E-state index contributed by atoms with van der Waals surface area (Å²) in [6.07, 6.45) is 3.22. The summed E-state index contributed by atoms with van der Waals surface area (Å²) in [5.74, 6) is -0.0668. The highest BCUT2D eigenvalue weighted by atomic mass is 79.9. The molecule has 16 heavy (non-hydrogen) atoms. The molecule has 2 aromatic rings. The van der Waals surface area contributed by atoms with Crippen molar-refractivity contribution in [2.24, 2.45) is 0 Å². The topological polar surface area (TPSA) is 59.8 Å². The van der Waals surface area contributed by atoms with Crippen molar-refractivity contribution >= 4 is 33.2 Å². The van der Waals surface area contributed by atoms with Gasteiger partial charge in [0.05, 0.1) is 23.8 Å². The Bertz CT molecular complexity index is 468. The van der Waals surface area contributed by atoms with Crippen molar-refractivity contribution in [3.8, 4) is 0 Å². The average Bonchev–Trinajstić information content (AvgIpc) is 2.89. The SMILES string of the molecule is O=C(NCCn1nccn1)c1cc(Br)cs1. The van der Waals surface area contributed by atoms with Gasteiger partial charge in [0.2, 0.25) is 0 Å². The number of hydrogen-bond donors (Lipinski definition) is 1. The smallest absolute Gasteiger partial charge is 0.261 e. The van der Waals surface area contributed by atoms with Gasteiger partial charge < -0.3 is 5.32 Å². The van der Waals surface area contributed by atoms with Crippen molar-refractivity contribution in [1.82, 2.24) is 20.3 Å². The molecule has 84 valence electrons. The molecule has 0 spiro atoms. The Kier molecular flexibility index (Phi) is 3.68. The van der Waals surface area contributed by atoms with Crippen molar-refractivity contribution in [3.63, 3.8) is 0 Å². The van der Waals surface area contributed by atoms with Gasteiger partial charge in [-0.3, -0.25) is 4.79 Å². The molecule has 0 unspecified atom stereocenters. The Labute approximate surface area is 105 Å². The summed E-state index contributed by atoms with van der Waals surface area (Å²) in [6, 6.07) is 1.80. The number of nitrogens with zero attached hydrogens (tertiary/aromatic N) is 3. The van der Waals surface area contributed by atoms with Gasteiger partial charge in [-0.1, -0.05) is 0 Å². The molecule has 0 aliphatic carbocycles. The van der Waals surface area contributed by atoms with E-state index in [-0.39, 0.29) is 5.91 Å². The fourth-order valence-corrected chi connectivity index (χ4v) is 2.49. The number of amides is 1. The molecule has 0 fully saturated rings. The highest BCUT2D eigenvalue weighted by Gasteiger charge is 2.07. The third kappa shape index (κ3) is 2.89. The number of carbonyl (C=O) groups excluding carboxylic acids is 1. The van der Waals surface area contributed by atoms with Crippen LogP contribution in [0, 0.1) is 0 Å². The van der Waals surface area contributed by atoms with Gasteiger partial charge in [0.15, 0.2) is 0 Å².